The highest BCUT2D eigenvalue weighted by atomic mass is 35.5. The highest BCUT2D eigenvalue weighted by Crippen LogP contribution is 2.21. The van der Waals surface area contributed by atoms with Gasteiger partial charge in [-0.1, -0.05) is 24.6 Å². The van der Waals surface area contributed by atoms with Gasteiger partial charge in [0.1, 0.15) is 5.15 Å². The fourth-order valence-electron chi connectivity index (χ4n) is 1.67. The number of aromatic nitrogens is 2. The SMILES string of the molecule is CCc1ccc(N)cc1S(=O)(=O)Nc1nccc(Cl)n1. The standard InChI is InChI=1S/C12H13ClN4O2S/c1-2-8-3-4-9(14)7-10(8)20(18,19)17-12-15-6-5-11(13)16-12/h3-7H,2,14H2,1H3,(H,15,16,17). The number of nitrogens with two attached hydrogens (primary N) is 1. The van der Waals surface area contributed by atoms with Crippen LogP contribution in [0.5, 0.6) is 0 Å². The molecule has 0 aliphatic rings. The summed E-state index contributed by atoms with van der Waals surface area (Å²) in [6, 6.07) is 6.21. The molecule has 0 bridgehead atoms. The summed E-state index contributed by atoms with van der Waals surface area (Å²) in [5, 5.41) is 0.154. The van der Waals surface area contributed by atoms with Crippen molar-refractivity contribution in [3.8, 4) is 0 Å². The third-order valence-electron chi connectivity index (χ3n) is 2.61. The van der Waals surface area contributed by atoms with Crippen LogP contribution in [0, 0.1) is 0 Å². The molecule has 1 aromatic heterocycles. The molecule has 0 aliphatic heterocycles. The number of benzene rings is 1. The first-order valence-corrected chi connectivity index (χ1v) is 7.68. The molecular weight excluding hydrogens is 300 g/mol. The molecule has 0 atom stereocenters. The first-order chi connectivity index (χ1) is 9.42. The van der Waals surface area contributed by atoms with Gasteiger partial charge in [0.15, 0.2) is 0 Å². The van der Waals surface area contributed by atoms with Crippen molar-refractivity contribution in [1.82, 2.24) is 9.97 Å². The Balaban J connectivity index is 2.43. The normalized spacial score (nSPS) is 11.3. The van der Waals surface area contributed by atoms with Crippen LogP contribution in [0.2, 0.25) is 5.15 Å². The van der Waals surface area contributed by atoms with Crippen LogP contribution in [-0.4, -0.2) is 18.4 Å². The molecular formula is C12H13ClN4O2S. The van der Waals surface area contributed by atoms with E-state index in [-0.39, 0.29) is 16.0 Å². The number of nitrogen functional groups attached to an aromatic ring is 1. The van der Waals surface area contributed by atoms with Gasteiger partial charge in [0, 0.05) is 11.9 Å². The first-order valence-electron chi connectivity index (χ1n) is 5.82. The number of nitrogens with one attached hydrogen (secondary N) is 1. The summed E-state index contributed by atoms with van der Waals surface area (Å²) in [6.07, 6.45) is 1.93. The van der Waals surface area contributed by atoms with Gasteiger partial charge in [0.2, 0.25) is 5.95 Å². The minimum atomic E-state index is -3.81. The molecule has 2 aromatic rings. The second kappa shape index (κ2) is 5.64. The van der Waals surface area contributed by atoms with Crippen LogP contribution in [0.15, 0.2) is 35.4 Å². The highest BCUT2D eigenvalue weighted by Gasteiger charge is 2.19. The molecule has 0 radical (unpaired) electrons. The lowest BCUT2D eigenvalue weighted by Crippen LogP contribution is -2.17. The fourth-order valence-corrected chi connectivity index (χ4v) is 3.11. The lowest BCUT2D eigenvalue weighted by atomic mass is 10.1. The molecule has 0 saturated heterocycles. The van der Waals surface area contributed by atoms with Gasteiger partial charge in [-0.25, -0.2) is 23.1 Å². The molecule has 6 nitrogen and oxygen atoms in total. The number of rotatable bonds is 4. The van der Waals surface area contributed by atoms with Gasteiger partial charge in [-0.2, -0.15) is 0 Å². The van der Waals surface area contributed by atoms with E-state index in [2.05, 4.69) is 14.7 Å². The van der Waals surface area contributed by atoms with Crippen molar-refractivity contribution in [2.45, 2.75) is 18.2 Å². The number of halogens is 1. The average molecular weight is 313 g/mol. The monoisotopic (exact) mass is 312 g/mol. The molecule has 0 spiro atoms. The van der Waals surface area contributed by atoms with E-state index in [0.29, 0.717) is 17.7 Å². The molecule has 20 heavy (non-hydrogen) atoms. The maximum atomic E-state index is 12.4. The van der Waals surface area contributed by atoms with Crippen molar-refractivity contribution >= 4 is 33.3 Å². The molecule has 0 unspecified atom stereocenters. The van der Waals surface area contributed by atoms with Crippen LogP contribution in [0.3, 0.4) is 0 Å². The summed E-state index contributed by atoms with van der Waals surface area (Å²) >= 11 is 5.70. The van der Waals surface area contributed by atoms with Crippen LogP contribution in [0.4, 0.5) is 11.6 Å². The molecule has 0 aliphatic carbocycles. The Labute approximate surface area is 122 Å². The smallest absolute Gasteiger partial charge is 0.264 e. The van der Waals surface area contributed by atoms with E-state index >= 15 is 0 Å². The Morgan fingerprint density at radius 3 is 2.75 bits per heavy atom. The second-order valence-corrected chi connectivity index (χ2v) is 6.07. The van der Waals surface area contributed by atoms with Gasteiger partial charge >= 0.3 is 0 Å². The van der Waals surface area contributed by atoms with E-state index in [1.165, 1.54) is 18.3 Å². The van der Waals surface area contributed by atoms with E-state index in [0.717, 1.165) is 0 Å². The van der Waals surface area contributed by atoms with E-state index in [1.54, 1.807) is 12.1 Å². The Bertz CT molecular complexity index is 734. The highest BCUT2D eigenvalue weighted by molar-refractivity contribution is 7.92. The van der Waals surface area contributed by atoms with Crippen LogP contribution in [0.25, 0.3) is 0 Å². The number of aryl methyl sites for hydroxylation is 1. The van der Waals surface area contributed by atoms with Gasteiger partial charge in [-0.05, 0) is 30.2 Å². The number of sulfonamides is 1. The molecule has 8 heteroatoms. The zero-order valence-electron chi connectivity index (χ0n) is 10.7. The molecule has 0 saturated carbocycles. The zero-order chi connectivity index (χ0) is 14.8. The fraction of sp³-hybridized carbons (Fsp3) is 0.167. The Morgan fingerprint density at radius 2 is 2.10 bits per heavy atom. The number of hydrogen-bond acceptors (Lipinski definition) is 5. The summed E-state index contributed by atoms with van der Waals surface area (Å²) < 4.78 is 27.0. The predicted molar refractivity (Wildman–Crippen MR) is 78.1 cm³/mol. The third kappa shape index (κ3) is 3.17. The third-order valence-corrected chi connectivity index (χ3v) is 4.23. The minimum absolute atomic E-state index is 0.0815. The van der Waals surface area contributed by atoms with Gasteiger partial charge < -0.3 is 5.73 Å². The summed E-state index contributed by atoms with van der Waals surface area (Å²) in [5.74, 6) is -0.0815. The molecule has 0 amide bonds. The molecule has 0 fully saturated rings. The largest absolute Gasteiger partial charge is 0.399 e. The second-order valence-electron chi connectivity index (χ2n) is 4.03. The van der Waals surface area contributed by atoms with Crippen molar-refractivity contribution < 1.29 is 8.42 Å². The Hall–Kier alpha value is -1.86. The first kappa shape index (κ1) is 14.5. The van der Waals surface area contributed by atoms with E-state index in [4.69, 9.17) is 17.3 Å². The van der Waals surface area contributed by atoms with Crippen LogP contribution >= 0.6 is 11.6 Å². The van der Waals surface area contributed by atoms with Gasteiger partial charge in [-0.3, -0.25) is 0 Å². The van der Waals surface area contributed by atoms with E-state index in [1.807, 2.05) is 6.92 Å². The van der Waals surface area contributed by atoms with Crippen molar-refractivity contribution in [2.75, 3.05) is 10.5 Å². The van der Waals surface area contributed by atoms with Crippen LogP contribution in [-0.2, 0) is 16.4 Å². The molecule has 2 rings (SSSR count). The molecule has 1 aromatic carbocycles. The maximum absolute atomic E-state index is 12.4. The minimum Gasteiger partial charge on any atom is -0.399 e. The zero-order valence-corrected chi connectivity index (χ0v) is 12.2. The van der Waals surface area contributed by atoms with Crippen molar-refractivity contribution in [2.24, 2.45) is 0 Å². The summed E-state index contributed by atoms with van der Waals surface area (Å²) in [4.78, 5) is 7.72. The van der Waals surface area contributed by atoms with Gasteiger partial charge in [0.25, 0.3) is 10.0 Å². The lowest BCUT2D eigenvalue weighted by Gasteiger charge is -2.11. The van der Waals surface area contributed by atoms with E-state index in [9.17, 15) is 8.42 Å². The van der Waals surface area contributed by atoms with Crippen molar-refractivity contribution in [1.29, 1.82) is 0 Å². The van der Waals surface area contributed by atoms with Crippen molar-refractivity contribution in [3.05, 3.63) is 41.2 Å². The summed E-state index contributed by atoms with van der Waals surface area (Å²) in [6.45, 7) is 1.86. The quantitative estimate of drug-likeness (QED) is 0.665. The topological polar surface area (TPSA) is 98.0 Å². The van der Waals surface area contributed by atoms with Gasteiger partial charge in [-0.15, -0.1) is 0 Å². The summed E-state index contributed by atoms with van der Waals surface area (Å²) in [7, 11) is -3.81. The molecule has 106 valence electrons. The lowest BCUT2D eigenvalue weighted by molar-refractivity contribution is 0.599. The molecule has 1 heterocycles. The number of nitrogens with zero attached hydrogens (tertiary/aromatic N) is 2. The summed E-state index contributed by atoms with van der Waals surface area (Å²) in [5.41, 5.74) is 6.68. The van der Waals surface area contributed by atoms with Crippen LogP contribution in [0.1, 0.15) is 12.5 Å². The average Bonchev–Trinajstić information content (AvgIpc) is 2.38. The predicted octanol–water partition coefficient (Wildman–Crippen LogP) is 2.08. The number of hydrogen-bond donors (Lipinski definition) is 2. The number of anilines is 2. The maximum Gasteiger partial charge on any atom is 0.264 e. The Morgan fingerprint density at radius 1 is 1.35 bits per heavy atom. The molecule has 3 N–H and O–H groups in total. The van der Waals surface area contributed by atoms with Crippen LogP contribution < -0.4 is 10.5 Å². The van der Waals surface area contributed by atoms with Crippen molar-refractivity contribution in [3.63, 3.8) is 0 Å². The van der Waals surface area contributed by atoms with Gasteiger partial charge in [0.05, 0.1) is 4.90 Å². The van der Waals surface area contributed by atoms with E-state index < -0.39 is 10.0 Å². The Kier molecular flexibility index (Phi) is 4.10.